The fourth-order valence-electron chi connectivity index (χ4n) is 2.44. The van der Waals surface area contributed by atoms with Gasteiger partial charge in [-0.1, -0.05) is 41.9 Å². The number of hydrogen-bond donors (Lipinski definition) is 0. The van der Waals surface area contributed by atoms with Gasteiger partial charge in [-0.15, -0.1) is 0 Å². The summed E-state index contributed by atoms with van der Waals surface area (Å²) in [6.45, 7) is 0. The molecule has 0 saturated heterocycles. The van der Waals surface area contributed by atoms with E-state index in [2.05, 4.69) is 0 Å². The Hall–Kier alpha value is -1.67. The topological polar surface area (TPSA) is 17.1 Å². The number of ketones is 1. The van der Waals surface area contributed by atoms with Gasteiger partial charge in [-0.2, -0.15) is 0 Å². The molecule has 0 radical (unpaired) electrons. The van der Waals surface area contributed by atoms with Crippen molar-refractivity contribution in [1.29, 1.82) is 0 Å². The van der Waals surface area contributed by atoms with Crippen LogP contribution in [0.4, 0.5) is 4.39 Å². The summed E-state index contributed by atoms with van der Waals surface area (Å²) in [7, 11) is 0. The molecule has 0 bridgehead atoms. The third-order valence-electron chi connectivity index (χ3n) is 3.55. The summed E-state index contributed by atoms with van der Waals surface area (Å²) in [5.74, 6) is -0.308. The highest BCUT2D eigenvalue weighted by atomic mass is 35.5. The number of hydrogen-bond acceptors (Lipinski definition) is 1. The molecule has 2 aromatic carbocycles. The highest BCUT2D eigenvalue weighted by molar-refractivity contribution is 6.34. The summed E-state index contributed by atoms with van der Waals surface area (Å²) in [6, 6.07) is 13.8. The monoisotopic (exact) mass is 274 g/mol. The van der Waals surface area contributed by atoms with Crippen molar-refractivity contribution >= 4 is 17.4 Å². The number of carbonyl (C=O) groups is 1. The fraction of sp³-hybridized carbons (Fsp3) is 0.188. The van der Waals surface area contributed by atoms with Crippen molar-refractivity contribution < 1.29 is 9.18 Å². The molecule has 1 nitrogen and oxygen atoms in total. The zero-order valence-electron chi connectivity index (χ0n) is 10.1. The van der Waals surface area contributed by atoms with Crippen molar-refractivity contribution in [3.63, 3.8) is 0 Å². The van der Waals surface area contributed by atoms with Gasteiger partial charge < -0.3 is 0 Å². The fourth-order valence-corrected chi connectivity index (χ4v) is 2.65. The molecule has 2 aromatic rings. The zero-order chi connectivity index (χ0) is 13.4. The first-order chi connectivity index (χ1) is 9.16. The maximum absolute atomic E-state index is 13.2. The summed E-state index contributed by atoms with van der Waals surface area (Å²) >= 11 is 5.97. The van der Waals surface area contributed by atoms with Crippen LogP contribution in [-0.4, -0.2) is 5.78 Å². The average molecular weight is 275 g/mol. The third kappa shape index (κ3) is 2.41. The van der Waals surface area contributed by atoms with Crippen LogP contribution >= 0.6 is 11.6 Å². The van der Waals surface area contributed by atoms with E-state index >= 15 is 0 Å². The molecule has 0 N–H and O–H groups in total. The lowest BCUT2D eigenvalue weighted by molar-refractivity contribution is 0.0965. The van der Waals surface area contributed by atoms with Crippen LogP contribution in [-0.2, 0) is 0 Å². The molecular weight excluding hydrogens is 263 g/mol. The molecule has 1 fully saturated rings. The molecule has 1 aliphatic rings. The average Bonchev–Trinajstić information content (AvgIpc) is 3.22. The van der Waals surface area contributed by atoms with Gasteiger partial charge in [-0.3, -0.25) is 4.79 Å². The van der Waals surface area contributed by atoms with Crippen LogP contribution in [0.2, 0.25) is 5.02 Å². The largest absolute Gasteiger partial charge is 0.294 e. The van der Waals surface area contributed by atoms with Crippen molar-refractivity contribution in [2.45, 2.75) is 12.3 Å². The second-order valence-electron chi connectivity index (χ2n) is 4.85. The van der Waals surface area contributed by atoms with E-state index in [1.54, 1.807) is 0 Å². The second-order valence-corrected chi connectivity index (χ2v) is 5.25. The minimum atomic E-state index is -0.426. The van der Waals surface area contributed by atoms with E-state index in [-0.39, 0.29) is 17.6 Å². The van der Waals surface area contributed by atoms with E-state index in [0.717, 1.165) is 12.0 Å². The zero-order valence-corrected chi connectivity index (χ0v) is 10.9. The van der Waals surface area contributed by atoms with Crippen LogP contribution in [0.25, 0.3) is 0 Å². The van der Waals surface area contributed by atoms with Crippen LogP contribution in [0.3, 0.4) is 0 Å². The second kappa shape index (κ2) is 4.78. The molecule has 1 aliphatic carbocycles. The summed E-state index contributed by atoms with van der Waals surface area (Å²) in [6.07, 6.45) is 0.815. The SMILES string of the molecule is O=C(c1cc(F)ccc1Cl)C1CC1c1ccccc1. The van der Waals surface area contributed by atoms with Crippen LogP contribution in [0.5, 0.6) is 0 Å². The van der Waals surface area contributed by atoms with Crippen LogP contribution in [0.1, 0.15) is 28.3 Å². The summed E-state index contributed by atoms with van der Waals surface area (Å²) in [5, 5.41) is 0.324. The van der Waals surface area contributed by atoms with E-state index in [1.807, 2.05) is 30.3 Å². The van der Waals surface area contributed by atoms with Gasteiger partial charge in [-0.25, -0.2) is 4.39 Å². The molecule has 1 saturated carbocycles. The number of halogens is 2. The smallest absolute Gasteiger partial charge is 0.168 e. The normalized spacial score (nSPS) is 21.2. The lowest BCUT2D eigenvalue weighted by atomic mass is 10.0. The van der Waals surface area contributed by atoms with E-state index in [9.17, 15) is 9.18 Å². The van der Waals surface area contributed by atoms with Crippen molar-refractivity contribution in [3.8, 4) is 0 Å². The highest BCUT2D eigenvalue weighted by Gasteiger charge is 2.44. The molecular formula is C16H12ClFO. The molecule has 3 heteroatoms. The number of Topliss-reactive ketones (excluding diaryl/α,β-unsaturated/α-hetero) is 1. The first-order valence-electron chi connectivity index (χ1n) is 6.21. The maximum Gasteiger partial charge on any atom is 0.168 e. The van der Waals surface area contributed by atoms with E-state index in [0.29, 0.717) is 10.6 Å². The van der Waals surface area contributed by atoms with Gasteiger partial charge in [0, 0.05) is 11.5 Å². The molecule has 2 atom stereocenters. The first-order valence-corrected chi connectivity index (χ1v) is 6.59. The van der Waals surface area contributed by atoms with Gasteiger partial charge in [0.1, 0.15) is 5.82 Å². The quantitative estimate of drug-likeness (QED) is 0.755. The van der Waals surface area contributed by atoms with Gasteiger partial charge >= 0.3 is 0 Å². The Balaban J connectivity index is 1.82. The van der Waals surface area contributed by atoms with E-state index < -0.39 is 5.82 Å². The van der Waals surface area contributed by atoms with E-state index in [1.165, 1.54) is 18.2 Å². The van der Waals surface area contributed by atoms with Crippen molar-refractivity contribution in [3.05, 3.63) is 70.5 Å². The molecule has 2 unspecified atom stereocenters. The van der Waals surface area contributed by atoms with Crippen molar-refractivity contribution in [2.75, 3.05) is 0 Å². The van der Waals surface area contributed by atoms with Crippen molar-refractivity contribution in [1.82, 2.24) is 0 Å². The Kier molecular flexibility index (Phi) is 3.11. The Bertz CT molecular complexity index is 624. The maximum atomic E-state index is 13.2. The molecule has 0 aliphatic heterocycles. The lowest BCUT2D eigenvalue weighted by Gasteiger charge is -2.03. The summed E-state index contributed by atoms with van der Waals surface area (Å²) in [5.41, 5.74) is 1.46. The van der Waals surface area contributed by atoms with Crippen LogP contribution in [0.15, 0.2) is 48.5 Å². The predicted octanol–water partition coefficient (Wildman–Crippen LogP) is 4.47. The number of rotatable bonds is 3. The molecule has 3 rings (SSSR count). The summed E-state index contributed by atoms with van der Waals surface area (Å²) < 4.78 is 13.2. The summed E-state index contributed by atoms with van der Waals surface area (Å²) in [4.78, 5) is 12.3. The minimum absolute atomic E-state index is 0.0571. The van der Waals surface area contributed by atoms with Gasteiger partial charge in [0.15, 0.2) is 5.78 Å². The lowest BCUT2D eigenvalue weighted by Crippen LogP contribution is -2.04. The first kappa shape index (κ1) is 12.4. The van der Waals surface area contributed by atoms with Crippen LogP contribution in [0, 0.1) is 11.7 Å². The van der Waals surface area contributed by atoms with Gasteiger partial charge in [0.25, 0.3) is 0 Å². The van der Waals surface area contributed by atoms with Crippen LogP contribution < -0.4 is 0 Å². The molecule has 0 amide bonds. The highest BCUT2D eigenvalue weighted by Crippen LogP contribution is 2.49. The van der Waals surface area contributed by atoms with Gasteiger partial charge in [0.2, 0.25) is 0 Å². The molecule has 0 aromatic heterocycles. The minimum Gasteiger partial charge on any atom is -0.294 e. The van der Waals surface area contributed by atoms with E-state index in [4.69, 9.17) is 11.6 Å². The van der Waals surface area contributed by atoms with Gasteiger partial charge in [0.05, 0.1) is 5.02 Å². The number of benzene rings is 2. The molecule has 19 heavy (non-hydrogen) atoms. The Labute approximate surface area is 116 Å². The molecule has 0 heterocycles. The van der Waals surface area contributed by atoms with Crippen molar-refractivity contribution in [2.24, 2.45) is 5.92 Å². The Morgan fingerprint density at radius 3 is 2.63 bits per heavy atom. The molecule has 96 valence electrons. The third-order valence-corrected chi connectivity index (χ3v) is 3.88. The predicted molar refractivity (Wildman–Crippen MR) is 73.0 cm³/mol. The Morgan fingerprint density at radius 2 is 1.89 bits per heavy atom. The molecule has 0 spiro atoms. The number of carbonyl (C=O) groups excluding carboxylic acids is 1. The standard InChI is InChI=1S/C16H12ClFO/c17-15-7-6-11(18)8-14(15)16(19)13-9-12(13)10-4-2-1-3-5-10/h1-8,12-13H,9H2. The Morgan fingerprint density at radius 1 is 1.16 bits per heavy atom. The van der Waals surface area contributed by atoms with Gasteiger partial charge in [-0.05, 0) is 36.1 Å².